The first-order chi connectivity index (χ1) is 7.31. The number of fused-ring (bicyclic) bond motifs is 1. The largest absolute Gasteiger partial charge is 0.371 e. The molecule has 0 aromatic heterocycles. The summed E-state index contributed by atoms with van der Waals surface area (Å²) in [5.74, 6) is 0. The molecule has 1 atom stereocenters. The SMILES string of the molecule is NC1(O)CC(S(=O)(=O)O)=Cc2ccccc21. The Bertz CT molecular complexity index is 560. The maximum absolute atomic E-state index is 11.0. The zero-order chi connectivity index (χ0) is 12.0. The fourth-order valence-electron chi connectivity index (χ4n) is 1.77. The van der Waals surface area contributed by atoms with Crippen molar-refractivity contribution >= 4 is 16.2 Å². The molecule has 0 saturated heterocycles. The Morgan fingerprint density at radius 1 is 1.31 bits per heavy atom. The quantitative estimate of drug-likeness (QED) is 0.488. The second-order valence-corrected chi connectivity index (χ2v) is 5.25. The van der Waals surface area contributed by atoms with Gasteiger partial charge >= 0.3 is 0 Å². The second kappa shape index (κ2) is 3.39. The van der Waals surface area contributed by atoms with Crippen molar-refractivity contribution < 1.29 is 18.1 Å². The first-order valence-corrected chi connectivity index (χ1v) is 6.03. The van der Waals surface area contributed by atoms with E-state index in [1.165, 1.54) is 6.08 Å². The predicted octanol–water partition coefficient (Wildman–Crippen LogP) is 0.423. The van der Waals surface area contributed by atoms with Crippen LogP contribution in [0.4, 0.5) is 0 Å². The van der Waals surface area contributed by atoms with E-state index in [4.69, 9.17) is 10.3 Å². The van der Waals surface area contributed by atoms with E-state index in [0.29, 0.717) is 11.1 Å². The standard InChI is InChI=1S/C10H11NO4S/c11-10(12)6-8(16(13,14)15)5-7-3-1-2-4-9(7)10/h1-5,12H,6,11H2,(H,13,14,15). The number of benzene rings is 1. The van der Waals surface area contributed by atoms with Gasteiger partial charge in [0.15, 0.2) is 0 Å². The lowest BCUT2D eigenvalue weighted by Crippen LogP contribution is -2.39. The molecule has 1 aromatic rings. The van der Waals surface area contributed by atoms with Gasteiger partial charge in [-0.15, -0.1) is 0 Å². The Kier molecular flexibility index (Phi) is 2.39. The molecule has 0 saturated carbocycles. The van der Waals surface area contributed by atoms with Crippen LogP contribution in [0, 0.1) is 0 Å². The molecule has 1 aliphatic rings. The lowest BCUT2D eigenvalue weighted by molar-refractivity contribution is 0.0440. The van der Waals surface area contributed by atoms with Gasteiger partial charge in [-0.3, -0.25) is 10.3 Å². The Morgan fingerprint density at radius 3 is 2.56 bits per heavy atom. The molecule has 86 valence electrons. The summed E-state index contributed by atoms with van der Waals surface area (Å²) >= 11 is 0. The van der Waals surface area contributed by atoms with Crippen molar-refractivity contribution in [1.29, 1.82) is 0 Å². The van der Waals surface area contributed by atoms with Gasteiger partial charge in [0.2, 0.25) is 0 Å². The van der Waals surface area contributed by atoms with Gasteiger partial charge in [-0.05, 0) is 11.6 Å². The maximum atomic E-state index is 11.0. The van der Waals surface area contributed by atoms with Crippen LogP contribution in [0.25, 0.3) is 6.08 Å². The van der Waals surface area contributed by atoms with Crippen molar-refractivity contribution in [3.63, 3.8) is 0 Å². The van der Waals surface area contributed by atoms with E-state index in [9.17, 15) is 13.5 Å². The van der Waals surface area contributed by atoms with Gasteiger partial charge in [0.05, 0.1) is 4.91 Å². The van der Waals surface area contributed by atoms with Crippen LogP contribution in [0.15, 0.2) is 29.2 Å². The van der Waals surface area contributed by atoms with Crippen LogP contribution in [0.3, 0.4) is 0 Å². The third kappa shape index (κ3) is 1.88. The van der Waals surface area contributed by atoms with Gasteiger partial charge in [0.25, 0.3) is 10.1 Å². The highest BCUT2D eigenvalue weighted by Crippen LogP contribution is 2.34. The molecule has 1 aliphatic carbocycles. The summed E-state index contributed by atoms with van der Waals surface area (Å²) in [6, 6.07) is 6.63. The van der Waals surface area contributed by atoms with Gasteiger partial charge < -0.3 is 5.11 Å². The minimum Gasteiger partial charge on any atom is -0.371 e. The summed E-state index contributed by atoms with van der Waals surface area (Å²) in [5.41, 5.74) is 4.79. The number of rotatable bonds is 1. The Balaban J connectivity index is 2.65. The third-order valence-electron chi connectivity index (χ3n) is 2.52. The van der Waals surface area contributed by atoms with Crippen molar-refractivity contribution in [2.45, 2.75) is 12.1 Å². The second-order valence-electron chi connectivity index (χ2n) is 3.77. The van der Waals surface area contributed by atoms with Gasteiger partial charge in [0, 0.05) is 12.0 Å². The molecule has 16 heavy (non-hydrogen) atoms. The van der Waals surface area contributed by atoms with Gasteiger partial charge in [-0.2, -0.15) is 8.42 Å². The molecule has 4 N–H and O–H groups in total. The molecular weight excluding hydrogens is 230 g/mol. The Morgan fingerprint density at radius 2 is 1.94 bits per heavy atom. The van der Waals surface area contributed by atoms with Gasteiger partial charge in [0.1, 0.15) is 5.72 Å². The summed E-state index contributed by atoms with van der Waals surface area (Å²) < 4.78 is 30.9. The molecule has 0 amide bonds. The molecular formula is C10H11NO4S. The van der Waals surface area contributed by atoms with E-state index in [1.54, 1.807) is 24.3 Å². The van der Waals surface area contributed by atoms with Crippen LogP contribution in [0.1, 0.15) is 17.5 Å². The van der Waals surface area contributed by atoms with E-state index in [0.717, 1.165) is 0 Å². The molecule has 0 heterocycles. The Hall–Kier alpha value is -1.21. The van der Waals surface area contributed by atoms with Crippen molar-refractivity contribution in [2.24, 2.45) is 5.73 Å². The summed E-state index contributed by atoms with van der Waals surface area (Å²) in [6.45, 7) is 0. The maximum Gasteiger partial charge on any atom is 0.290 e. The van der Waals surface area contributed by atoms with Crippen molar-refractivity contribution in [3.05, 3.63) is 40.3 Å². The minimum absolute atomic E-state index is 0.281. The van der Waals surface area contributed by atoms with E-state index >= 15 is 0 Å². The summed E-state index contributed by atoms with van der Waals surface area (Å²) in [7, 11) is -4.32. The zero-order valence-electron chi connectivity index (χ0n) is 8.29. The average Bonchev–Trinajstić information content (AvgIpc) is 2.15. The number of nitrogens with two attached hydrogens (primary N) is 1. The fourth-order valence-corrected chi connectivity index (χ4v) is 2.45. The molecule has 2 rings (SSSR count). The molecule has 0 spiro atoms. The van der Waals surface area contributed by atoms with E-state index < -0.39 is 15.8 Å². The molecule has 5 nitrogen and oxygen atoms in total. The highest BCUT2D eigenvalue weighted by atomic mass is 32.2. The summed E-state index contributed by atoms with van der Waals surface area (Å²) in [6.07, 6.45) is 0.981. The third-order valence-corrected chi connectivity index (χ3v) is 3.44. The lowest BCUT2D eigenvalue weighted by Gasteiger charge is -2.29. The van der Waals surface area contributed by atoms with Crippen LogP contribution in [0.5, 0.6) is 0 Å². The highest BCUT2D eigenvalue weighted by Gasteiger charge is 2.34. The van der Waals surface area contributed by atoms with Gasteiger partial charge in [-0.1, -0.05) is 24.3 Å². The van der Waals surface area contributed by atoms with Crippen molar-refractivity contribution in [3.8, 4) is 0 Å². The van der Waals surface area contributed by atoms with Crippen molar-refractivity contribution in [2.75, 3.05) is 0 Å². The molecule has 0 radical (unpaired) electrons. The van der Waals surface area contributed by atoms with Crippen LogP contribution < -0.4 is 5.73 Å². The molecule has 0 aliphatic heterocycles. The normalized spacial score (nSPS) is 24.8. The van der Waals surface area contributed by atoms with E-state index in [-0.39, 0.29) is 11.3 Å². The number of hydrogen-bond donors (Lipinski definition) is 3. The minimum atomic E-state index is -4.32. The molecule has 1 unspecified atom stereocenters. The highest BCUT2D eigenvalue weighted by molar-refractivity contribution is 7.90. The lowest BCUT2D eigenvalue weighted by atomic mass is 9.90. The summed E-state index contributed by atoms with van der Waals surface area (Å²) in [5, 5.41) is 9.92. The van der Waals surface area contributed by atoms with Crippen LogP contribution >= 0.6 is 0 Å². The average molecular weight is 241 g/mol. The van der Waals surface area contributed by atoms with Crippen LogP contribution in [-0.4, -0.2) is 18.1 Å². The summed E-state index contributed by atoms with van der Waals surface area (Å²) in [4.78, 5) is -0.281. The topological polar surface area (TPSA) is 101 Å². The molecule has 6 heteroatoms. The molecule has 0 bridgehead atoms. The number of aliphatic hydroxyl groups is 1. The Labute approximate surface area is 93.0 Å². The predicted molar refractivity (Wildman–Crippen MR) is 58.7 cm³/mol. The van der Waals surface area contributed by atoms with Crippen LogP contribution in [-0.2, 0) is 15.8 Å². The van der Waals surface area contributed by atoms with Crippen LogP contribution in [0.2, 0.25) is 0 Å². The monoisotopic (exact) mass is 241 g/mol. The number of hydrogen-bond acceptors (Lipinski definition) is 4. The van der Waals surface area contributed by atoms with Crippen molar-refractivity contribution in [1.82, 2.24) is 0 Å². The van der Waals surface area contributed by atoms with Gasteiger partial charge in [-0.25, -0.2) is 0 Å². The molecule has 0 fully saturated rings. The zero-order valence-corrected chi connectivity index (χ0v) is 9.11. The van der Waals surface area contributed by atoms with E-state index in [2.05, 4.69) is 0 Å². The molecule has 1 aromatic carbocycles. The smallest absolute Gasteiger partial charge is 0.290 e. The first kappa shape index (κ1) is 11.3. The fraction of sp³-hybridized carbons (Fsp3) is 0.200. The van der Waals surface area contributed by atoms with E-state index in [1.807, 2.05) is 0 Å². The first-order valence-electron chi connectivity index (χ1n) is 4.59.